The van der Waals surface area contributed by atoms with Crippen LogP contribution in [0.1, 0.15) is 37.7 Å². The zero-order valence-corrected chi connectivity index (χ0v) is 12.3. The Kier molecular flexibility index (Phi) is 5.19. The van der Waals surface area contributed by atoms with E-state index in [1.54, 1.807) is 12.1 Å². The lowest BCUT2D eigenvalue weighted by molar-refractivity contribution is 0.232. The first-order valence-electron chi connectivity index (χ1n) is 6.63. The van der Waals surface area contributed by atoms with Gasteiger partial charge in [0.15, 0.2) is 0 Å². The SMILES string of the molecule is O=C(NCc1cc(Br)ccc1F)NC1CCCCC1. The van der Waals surface area contributed by atoms with Crippen molar-refractivity contribution in [3.05, 3.63) is 34.1 Å². The van der Waals surface area contributed by atoms with Gasteiger partial charge in [0.1, 0.15) is 5.82 Å². The Morgan fingerprint density at radius 1 is 1.32 bits per heavy atom. The van der Waals surface area contributed by atoms with E-state index in [9.17, 15) is 9.18 Å². The van der Waals surface area contributed by atoms with Gasteiger partial charge < -0.3 is 10.6 Å². The van der Waals surface area contributed by atoms with E-state index in [4.69, 9.17) is 0 Å². The van der Waals surface area contributed by atoms with E-state index in [1.807, 2.05) is 0 Å². The van der Waals surface area contributed by atoms with Gasteiger partial charge in [0.2, 0.25) is 0 Å². The summed E-state index contributed by atoms with van der Waals surface area (Å²) in [6.07, 6.45) is 5.68. The molecule has 0 atom stereocenters. The number of carbonyl (C=O) groups excluding carboxylic acids is 1. The van der Waals surface area contributed by atoms with Crippen LogP contribution in [-0.4, -0.2) is 12.1 Å². The molecule has 19 heavy (non-hydrogen) atoms. The average Bonchev–Trinajstić information content (AvgIpc) is 2.41. The van der Waals surface area contributed by atoms with Crippen molar-refractivity contribution in [2.75, 3.05) is 0 Å². The lowest BCUT2D eigenvalue weighted by Crippen LogP contribution is -2.42. The van der Waals surface area contributed by atoms with Crippen molar-refractivity contribution in [1.82, 2.24) is 10.6 Å². The van der Waals surface area contributed by atoms with Crippen molar-refractivity contribution < 1.29 is 9.18 Å². The first-order chi connectivity index (χ1) is 9.15. The number of benzene rings is 1. The number of halogens is 2. The van der Waals surface area contributed by atoms with Crippen LogP contribution in [0.2, 0.25) is 0 Å². The van der Waals surface area contributed by atoms with Crippen molar-refractivity contribution in [3.8, 4) is 0 Å². The summed E-state index contributed by atoms with van der Waals surface area (Å²) in [6, 6.07) is 4.75. The second-order valence-electron chi connectivity index (χ2n) is 4.90. The molecule has 0 spiro atoms. The van der Waals surface area contributed by atoms with Gasteiger partial charge in [-0.05, 0) is 31.0 Å². The normalized spacial score (nSPS) is 16.1. The highest BCUT2D eigenvalue weighted by Gasteiger charge is 2.15. The minimum absolute atomic E-state index is 0.198. The van der Waals surface area contributed by atoms with Crippen molar-refractivity contribution in [1.29, 1.82) is 0 Å². The molecular formula is C14H18BrFN2O. The summed E-state index contributed by atoms with van der Waals surface area (Å²) in [5, 5.41) is 5.64. The zero-order chi connectivity index (χ0) is 13.7. The fourth-order valence-corrected chi connectivity index (χ4v) is 2.75. The van der Waals surface area contributed by atoms with Crippen LogP contribution >= 0.6 is 15.9 Å². The van der Waals surface area contributed by atoms with Crippen LogP contribution in [0.3, 0.4) is 0 Å². The molecule has 1 fully saturated rings. The summed E-state index contributed by atoms with van der Waals surface area (Å²) in [4.78, 5) is 11.7. The molecule has 1 aromatic carbocycles. The van der Waals surface area contributed by atoms with Gasteiger partial charge in [-0.1, -0.05) is 35.2 Å². The zero-order valence-electron chi connectivity index (χ0n) is 10.7. The van der Waals surface area contributed by atoms with Crippen molar-refractivity contribution in [3.63, 3.8) is 0 Å². The number of amides is 2. The van der Waals surface area contributed by atoms with E-state index in [2.05, 4.69) is 26.6 Å². The van der Waals surface area contributed by atoms with E-state index in [1.165, 1.54) is 25.3 Å². The number of carbonyl (C=O) groups is 1. The molecule has 1 saturated carbocycles. The molecule has 0 unspecified atom stereocenters. The Morgan fingerprint density at radius 3 is 2.79 bits per heavy atom. The van der Waals surface area contributed by atoms with Gasteiger partial charge in [-0.3, -0.25) is 0 Å². The molecule has 5 heteroatoms. The molecule has 1 aromatic rings. The third-order valence-corrected chi connectivity index (χ3v) is 3.88. The molecule has 0 heterocycles. The van der Waals surface area contributed by atoms with Gasteiger partial charge in [-0.25, -0.2) is 9.18 Å². The maximum atomic E-state index is 13.5. The second kappa shape index (κ2) is 6.89. The van der Waals surface area contributed by atoms with Crippen LogP contribution in [0.5, 0.6) is 0 Å². The van der Waals surface area contributed by atoms with Crippen LogP contribution < -0.4 is 10.6 Å². The first-order valence-corrected chi connectivity index (χ1v) is 7.43. The van der Waals surface area contributed by atoms with Gasteiger partial charge in [-0.15, -0.1) is 0 Å². The molecule has 2 rings (SSSR count). The molecule has 0 radical (unpaired) electrons. The van der Waals surface area contributed by atoms with Crippen LogP contribution in [0.25, 0.3) is 0 Å². The molecular weight excluding hydrogens is 311 g/mol. The summed E-state index contributed by atoms with van der Waals surface area (Å²) in [6.45, 7) is 0.198. The van der Waals surface area contributed by atoms with Gasteiger partial charge in [0.25, 0.3) is 0 Å². The largest absolute Gasteiger partial charge is 0.335 e. The number of hydrogen-bond acceptors (Lipinski definition) is 1. The van der Waals surface area contributed by atoms with E-state index in [0.29, 0.717) is 5.56 Å². The van der Waals surface area contributed by atoms with Gasteiger partial charge >= 0.3 is 6.03 Å². The van der Waals surface area contributed by atoms with E-state index in [-0.39, 0.29) is 24.4 Å². The summed E-state index contributed by atoms with van der Waals surface area (Å²) in [7, 11) is 0. The Hall–Kier alpha value is -1.10. The highest BCUT2D eigenvalue weighted by atomic mass is 79.9. The number of rotatable bonds is 3. The van der Waals surface area contributed by atoms with Crippen molar-refractivity contribution >= 4 is 22.0 Å². The molecule has 1 aliphatic carbocycles. The van der Waals surface area contributed by atoms with Crippen LogP contribution in [0.15, 0.2) is 22.7 Å². The van der Waals surface area contributed by atoms with Crippen molar-refractivity contribution in [2.24, 2.45) is 0 Å². The third kappa shape index (κ3) is 4.49. The Balaban J connectivity index is 1.81. The lowest BCUT2D eigenvalue weighted by atomic mass is 9.96. The molecule has 3 nitrogen and oxygen atoms in total. The third-order valence-electron chi connectivity index (χ3n) is 3.39. The Morgan fingerprint density at radius 2 is 2.05 bits per heavy atom. The summed E-state index contributed by atoms with van der Waals surface area (Å²) < 4.78 is 14.3. The fraction of sp³-hybridized carbons (Fsp3) is 0.500. The molecule has 0 aliphatic heterocycles. The highest BCUT2D eigenvalue weighted by Crippen LogP contribution is 2.17. The maximum Gasteiger partial charge on any atom is 0.315 e. The van der Waals surface area contributed by atoms with Gasteiger partial charge in [0.05, 0.1) is 0 Å². The van der Waals surface area contributed by atoms with Crippen LogP contribution in [0, 0.1) is 5.82 Å². The summed E-state index contributed by atoms with van der Waals surface area (Å²) in [5.74, 6) is -0.304. The summed E-state index contributed by atoms with van der Waals surface area (Å²) in [5.41, 5.74) is 0.480. The van der Waals surface area contributed by atoms with Crippen molar-refractivity contribution in [2.45, 2.75) is 44.7 Å². The molecule has 0 bridgehead atoms. The molecule has 2 amide bonds. The average molecular weight is 329 g/mol. The minimum atomic E-state index is -0.304. The molecule has 1 aliphatic rings. The van der Waals surface area contributed by atoms with E-state index < -0.39 is 0 Å². The number of nitrogens with one attached hydrogen (secondary N) is 2. The Bertz CT molecular complexity index is 447. The van der Waals surface area contributed by atoms with Crippen LogP contribution in [-0.2, 0) is 6.54 Å². The monoisotopic (exact) mass is 328 g/mol. The predicted molar refractivity (Wildman–Crippen MR) is 76.3 cm³/mol. The first kappa shape index (κ1) is 14.3. The fourth-order valence-electron chi connectivity index (χ4n) is 2.34. The quantitative estimate of drug-likeness (QED) is 0.872. The topological polar surface area (TPSA) is 41.1 Å². The molecule has 2 N–H and O–H groups in total. The minimum Gasteiger partial charge on any atom is -0.335 e. The smallest absolute Gasteiger partial charge is 0.315 e. The number of hydrogen-bond donors (Lipinski definition) is 2. The molecule has 0 aromatic heterocycles. The van der Waals surface area contributed by atoms with Crippen LogP contribution in [0.4, 0.5) is 9.18 Å². The molecule has 104 valence electrons. The predicted octanol–water partition coefficient (Wildman–Crippen LogP) is 3.72. The Labute approximate surface area is 121 Å². The standard InChI is InChI=1S/C14H18BrFN2O/c15-11-6-7-13(16)10(8-11)9-17-14(19)18-12-4-2-1-3-5-12/h6-8,12H,1-5,9H2,(H2,17,18,19). The number of urea groups is 1. The maximum absolute atomic E-state index is 13.5. The lowest BCUT2D eigenvalue weighted by Gasteiger charge is -2.22. The van der Waals surface area contributed by atoms with E-state index in [0.717, 1.165) is 17.3 Å². The summed E-state index contributed by atoms with van der Waals surface area (Å²) >= 11 is 3.29. The second-order valence-corrected chi connectivity index (χ2v) is 5.81. The van der Waals surface area contributed by atoms with Gasteiger partial charge in [0, 0.05) is 22.6 Å². The van der Waals surface area contributed by atoms with E-state index >= 15 is 0 Å². The highest BCUT2D eigenvalue weighted by molar-refractivity contribution is 9.10. The molecule has 0 saturated heterocycles. The van der Waals surface area contributed by atoms with Gasteiger partial charge in [-0.2, -0.15) is 0 Å².